The Morgan fingerprint density at radius 3 is 2.48 bits per heavy atom. The van der Waals surface area contributed by atoms with Gasteiger partial charge in [0.1, 0.15) is 0 Å². The zero-order chi connectivity index (χ0) is 15.5. The van der Waals surface area contributed by atoms with Crippen LogP contribution in [0.5, 0.6) is 0 Å². The van der Waals surface area contributed by atoms with Gasteiger partial charge in [-0.05, 0) is 25.0 Å². The summed E-state index contributed by atoms with van der Waals surface area (Å²) in [5, 5.41) is 5.39. The largest absolute Gasteiger partial charge is 0.373 e. The van der Waals surface area contributed by atoms with Crippen LogP contribution >= 0.6 is 0 Å². The Balaban J connectivity index is 2.07. The van der Waals surface area contributed by atoms with E-state index < -0.39 is 6.03 Å². The van der Waals surface area contributed by atoms with Crippen molar-refractivity contribution >= 4 is 17.6 Å². The zero-order valence-electron chi connectivity index (χ0n) is 12.5. The summed E-state index contributed by atoms with van der Waals surface area (Å²) in [5.74, 6) is 0.0375. The van der Waals surface area contributed by atoms with Crippen molar-refractivity contribution < 1.29 is 9.59 Å². The van der Waals surface area contributed by atoms with Crippen LogP contribution in [0.1, 0.15) is 19.3 Å². The Morgan fingerprint density at radius 1 is 1.10 bits per heavy atom. The number of hydrogen-bond donors (Lipinski definition) is 3. The van der Waals surface area contributed by atoms with E-state index in [1.165, 1.54) is 0 Å². The Morgan fingerprint density at radius 2 is 1.81 bits per heavy atom. The van der Waals surface area contributed by atoms with Gasteiger partial charge in [0, 0.05) is 38.8 Å². The smallest absolute Gasteiger partial charge is 0.312 e. The van der Waals surface area contributed by atoms with E-state index >= 15 is 0 Å². The molecule has 0 heterocycles. The fraction of sp³-hybridized carbons (Fsp3) is 0.467. The summed E-state index contributed by atoms with van der Waals surface area (Å²) in [6.07, 6.45) is 1.95. The third-order valence-corrected chi connectivity index (χ3v) is 3.10. The lowest BCUT2D eigenvalue weighted by Gasteiger charge is -2.19. The minimum atomic E-state index is -0.525. The van der Waals surface area contributed by atoms with Gasteiger partial charge in [-0.3, -0.25) is 4.79 Å². The van der Waals surface area contributed by atoms with Gasteiger partial charge in [0.15, 0.2) is 0 Å². The number of anilines is 1. The predicted molar refractivity (Wildman–Crippen MR) is 84.2 cm³/mol. The van der Waals surface area contributed by atoms with Crippen LogP contribution in [-0.4, -0.2) is 38.6 Å². The third kappa shape index (κ3) is 7.81. The molecule has 0 fully saturated rings. The van der Waals surface area contributed by atoms with Crippen molar-refractivity contribution in [2.45, 2.75) is 19.3 Å². The molecule has 21 heavy (non-hydrogen) atoms. The molecule has 6 nitrogen and oxygen atoms in total. The van der Waals surface area contributed by atoms with E-state index in [0.29, 0.717) is 19.5 Å². The molecular weight excluding hydrogens is 268 g/mol. The summed E-state index contributed by atoms with van der Waals surface area (Å²) in [6, 6.07) is 9.51. The second kappa shape index (κ2) is 9.63. The number of primary amides is 1. The van der Waals surface area contributed by atoms with Gasteiger partial charge in [-0.15, -0.1) is 0 Å². The molecule has 0 aliphatic carbocycles. The van der Waals surface area contributed by atoms with Gasteiger partial charge in [0.2, 0.25) is 5.91 Å². The first-order chi connectivity index (χ1) is 10.1. The number of benzene rings is 1. The molecule has 1 rings (SSSR count). The summed E-state index contributed by atoms with van der Waals surface area (Å²) in [6.45, 7) is 1.89. The molecule has 6 heteroatoms. The molecule has 3 amide bonds. The molecule has 0 unspecified atom stereocenters. The monoisotopic (exact) mass is 292 g/mol. The molecular formula is C15H24N4O2. The maximum absolute atomic E-state index is 11.6. The second-order valence-corrected chi connectivity index (χ2v) is 4.86. The van der Waals surface area contributed by atoms with Crippen molar-refractivity contribution in [2.75, 3.05) is 31.6 Å². The molecule has 0 spiro atoms. The lowest BCUT2D eigenvalue weighted by molar-refractivity contribution is -0.121. The number of urea groups is 1. The van der Waals surface area contributed by atoms with E-state index in [1.807, 2.05) is 37.4 Å². The highest BCUT2D eigenvalue weighted by atomic mass is 16.2. The van der Waals surface area contributed by atoms with Crippen LogP contribution in [0.2, 0.25) is 0 Å². The lowest BCUT2D eigenvalue weighted by atomic mass is 10.2. The molecule has 0 aliphatic heterocycles. The minimum absolute atomic E-state index is 0.0375. The van der Waals surface area contributed by atoms with Gasteiger partial charge in [0.25, 0.3) is 0 Å². The van der Waals surface area contributed by atoms with Gasteiger partial charge < -0.3 is 21.3 Å². The highest BCUT2D eigenvalue weighted by molar-refractivity contribution is 5.75. The summed E-state index contributed by atoms with van der Waals surface area (Å²) in [5.41, 5.74) is 6.07. The summed E-state index contributed by atoms with van der Waals surface area (Å²) in [4.78, 5) is 24.2. The Labute approximate surface area is 125 Å². The van der Waals surface area contributed by atoms with E-state index in [9.17, 15) is 9.59 Å². The number of nitrogens with two attached hydrogens (primary N) is 1. The first-order valence-corrected chi connectivity index (χ1v) is 7.16. The predicted octanol–water partition coefficient (Wildman–Crippen LogP) is 1.08. The van der Waals surface area contributed by atoms with Gasteiger partial charge in [0.05, 0.1) is 0 Å². The van der Waals surface area contributed by atoms with Gasteiger partial charge in [-0.25, -0.2) is 4.79 Å². The van der Waals surface area contributed by atoms with Crippen LogP contribution in [0.4, 0.5) is 10.5 Å². The zero-order valence-corrected chi connectivity index (χ0v) is 12.5. The topological polar surface area (TPSA) is 87.5 Å². The number of nitrogens with one attached hydrogen (secondary N) is 2. The number of likely N-dealkylation sites (N-methyl/N-ethyl adjacent to an activating group) is 1. The van der Waals surface area contributed by atoms with Crippen LogP contribution in [-0.2, 0) is 4.79 Å². The molecule has 1 aromatic rings. The molecule has 0 saturated heterocycles. The highest BCUT2D eigenvalue weighted by Crippen LogP contribution is 2.09. The summed E-state index contributed by atoms with van der Waals surface area (Å²) < 4.78 is 0. The number of carbonyl (C=O) groups is 2. The molecule has 0 saturated carbocycles. The molecule has 0 radical (unpaired) electrons. The molecule has 0 bridgehead atoms. The highest BCUT2D eigenvalue weighted by Gasteiger charge is 2.03. The SMILES string of the molecule is CN(CCNC(=O)CCCCNC(N)=O)c1ccccc1. The van der Waals surface area contributed by atoms with Crippen molar-refractivity contribution in [3.8, 4) is 0 Å². The maximum Gasteiger partial charge on any atom is 0.312 e. The van der Waals surface area contributed by atoms with E-state index in [-0.39, 0.29) is 5.91 Å². The average molecular weight is 292 g/mol. The Bertz CT molecular complexity index is 437. The number of para-hydroxylation sites is 1. The van der Waals surface area contributed by atoms with Crippen molar-refractivity contribution in [3.63, 3.8) is 0 Å². The normalized spacial score (nSPS) is 9.95. The number of carbonyl (C=O) groups excluding carboxylic acids is 2. The number of unbranched alkanes of at least 4 members (excludes halogenated alkanes) is 1. The molecule has 116 valence electrons. The number of rotatable bonds is 9. The fourth-order valence-electron chi connectivity index (χ4n) is 1.89. The van der Waals surface area contributed by atoms with Crippen LogP contribution in [0.3, 0.4) is 0 Å². The Kier molecular flexibility index (Phi) is 7.71. The number of hydrogen-bond acceptors (Lipinski definition) is 3. The summed E-state index contributed by atoms with van der Waals surface area (Å²) >= 11 is 0. The standard InChI is InChI=1S/C15H24N4O2/c1-19(13-7-3-2-4-8-13)12-11-17-14(20)9-5-6-10-18-15(16)21/h2-4,7-8H,5-6,9-12H2,1H3,(H,17,20)(H3,16,18,21). The lowest BCUT2D eigenvalue weighted by Crippen LogP contribution is -2.33. The summed E-state index contributed by atoms with van der Waals surface area (Å²) in [7, 11) is 2.00. The molecule has 0 aromatic heterocycles. The quantitative estimate of drug-likeness (QED) is 0.595. The molecule has 4 N–H and O–H groups in total. The fourth-order valence-corrected chi connectivity index (χ4v) is 1.89. The average Bonchev–Trinajstić information content (AvgIpc) is 2.47. The van der Waals surface area contributed by atoms with Crippen molar-refractivity contribution in [3.05, 3.63) is 30.3 Å². The first-order valence-electron chi connectivity index (χ1n) is 7.16. The molecule has 1 aromatic carbocycles. The van der Waals surface area contributed by atoms with Crippen molar-refractivity contribution in [2.24, 2.45) is 5.73 Å². The number of amides is 3. The van der Waals surface area contributed by atoms with E-state index in [2.05, 4.69) is 15.5 Å². The molecule has 0 atom stereocenters. The van der Waals surface area contributed by atoms with Crippen molar-refractivity contribution in [1.82, 2.24) is 10.6 Å². The first kappa shape index (κ1) is 16.8. The van der Waals surface area contributed by atoms with Crippen LogP contribution in [0.15, 0.2) is 30.3 Å². The van der Waals surface area contributed by atoms with Gasteiger partial charge in [-0.2, -0.15) is 0 Å². The third-order valence-electron chi connectivity index (χ3n) is 3.10. The van der Waals surface area contributed by atoms with E-state index in [1.54, 1.807) is 0 Å². The minimum Gasteiger partial charge on any atom is -0.373 e. The van der Waals surface area contributed by atoms with E-state index in [0.717, 1.165) is 25.1 Å². The van der Waals surface area contributed by atoms with Crippen LogP contribution < -0.4 is 21.3 Å². The maximum atomic E-state index is 11.6. The van der Waals surface area contributed by atoms with Gasteiger partial charge in [-0.1, -0.05) is 18.2 Å². The molecule has 0 aliphatic rings. The van der Waals surface area contributed by atoms with Crippen LogP contribution in [0, 0.1) is 0 Å². The second-order valence-electron chi connectivity index (χ2n) is 4.86. The van der Waals surface area contributed by atoms with E-state index in [4.69, 9.17) is 5.73 Å². The van der Waals surface area contributed by atoms with Crippen molar-refractivity contribution in [1.29, 1.82) is 0 Å². The number of nitrogens with zero attached hydrogens (tertiary/aromatic N) is 1. The van der Waals surface area contributed by atoms with Crippen LogP contribution in [0.25, 0.3) is 0 Å². The van der Waals surface area contributed by atoms with Gasteiger partial charge >= 0.3 is 6.03 Å². The Hall–Kier alpha value is -2.24.